The average molecular weight is 329 g/mol. The maximum atomic E-state index is 6.00. The molecule has 0 amide bonds. The third kappa shape index (κ3) is 3.34. The van der Waals surface area contributed by atoms with Gasteiger partial charge in [-0.25, -0.2) is 4.98 Å². The molecule has 0 fully saturated rings. The van der Waals surface area contributed by atoms with Gasteiger partial charge in [-0.05, 0) is 25.1 Å². The second kappa shape index (κ2) is 6.02. The number of benzene rings is 1. The number of halogens is 2. The van der Waals surface area contributed by atoms with E-state index in [1.54, 1.807) is 0 Å². The minimum absolute atomic E-state index is 0.334. The molecule has 2 aromatic rings. The molecular formula is C12H11BrClN3O. The second-order valence-corrected chi connectivity index (χ2v) is 4.76. The zero-order chi connectivity index (χ0) is 13.0. The number of aromatic nitrogens is 2. The normalized spacial score (nSPS) is 10.2. The van der Waals surface area contributed by atoms with Crippen molar-refractivity contribution < 1.29 is 4.74 Å². The molecule has 0 spiro atoms. The summed E-state index contributed by atoms with van der Waals surface area (Å²) in [5.41, 5.74) is 0. The molecule has 0 saturated carbocycles. The first-order valence-corrected chi connectivity index (χ1v) is 6.56. The van der Waals surface area contributed by atoms with Crippen molar-refractivity contribution in [2.75, 3.05) is 11.9 Å². The Labute approximate surface area is 118 Å². The number of hydrogen-bond acceptors (Lipinski definition) is 4. The lowest BCUT2D eigenvalue weighted by Crippen LogP contribution is -2.02. The number of anilines is 1. The number of rotatable bonds is 4. The second-order valence-electron chi connectivity index (χ2n) is 3.44. The Hall–Kier alpha value is -1.33. The lowest BCUT2D eigenvalue weighted by molar-refractivity contribution is 0.462. The van der Waals surface area contributed by atoms with Gasteiger partial charge in [-0.2, -0.15) is 4.98 Å². The van der Waals surface area contributed by atoms with Gasteiger partial charge in [0.05, 0.1) is 6.20 Å². The molecule has 0 aliphatic rings. The van der Waals surface area contributed by atoms with Crippen LogP contribution in [0.3, 0.4) is 0 Å². The van der Waals surface area contributed by atoms with Crippen LogP contribution in [-0.4, -0.2) is 16.5 Å². The molecule has 2 rings (SSSR count). The first-order valence-electron chi connectivity index (χ1n) is 5.39. The highest BCUT2D eigenvalue weighted by atomic mass is 79.9. The summed E-state index contributed by atoms with van der Waals surface area (Å²) in [6, 6.07) is 7.46. The van der Waals surface area contributed by atoms with Crippen LogP contribution in [0.15, 0.2) is 34.9 Å². The highest BCUT2D eigenvalue weighted by Gasteiger charge is 2.07. The van der Waals surface area contributed by atoms with Crippen molar-refractivity contribution in [3.8, 4) is 11.6 Å². The van der Waals surface area contributed by atoms with E-state index in [-0.39, 0.29) is 0 Å². The monoisotopic (exact) mass is 327 g/mol. The van der Waals surface area contributed by atoms with Crippen LogP contribution in [0.2, 0.25) is 5.02 Å². The molecule has 0 radical (unpaired) electrons. The molecular weight excluding hydrogens is 318 g/mol. The molecule has 0 saturated heterocycles. The van der Waals surface area contributed by atoms with Crippen LogP contribution < -0.4 is 10.1 Å². The van der Waals surface area contributed by atoms with Gasteiger partial charge in [-0.1, -0.05) is 33.6 Å². The Bertz CT molecular complexity index is 551. The van der Waals surface area contributed by atoms with E-state index in [1.807, 2.05) is 31.2 Å². The number of hydrogen-bond donors (Lipinski definition) is 1. The fourth-order valence-corrected chi connectivity index (χ4v) is 1.82. The minimum atomic E-state index is 0.334. The summed E-state index contributed by atoms with van der Waals surface area (Å²) in [5.74, 6) is 1.49. The molecule has 0 aliphatic carbocycles. The highest BCUT2D eigenvalue weighted by Crippen LogP contribution is 2.28. The van der Waals surface area contributed by atoms with Gasteiger partial charge in [0.2, 0.25) is 11.8 Å². The summed E-state index contributed by atoms with van der Waals surface area (Å²) in [6.07, 6.45) is 1.51. The molecule has 1 heterocycles. The van der Waals surface area contributed by atoms with E-state index in [0.29, 0.717) is 22.6 Å². The van der Waals surface area contributed by atoms with Gasteiger partial charge in [-0.3, -0.25) is 0 Å². The topological polar surface area (TPSA) is 47.0 Å². The third-order valence-electron chi connectivity index (χ3n) is 2.06. The lowest BCUT2D eigenvalue weighted by atomic mass is 10.3. The average Bonchev–Trinajstić information content (AvgIpc) is 2.34. The van der Waals surface area contributed by atoms with Crippen LogP contribution in [0, 0.1) is 0 Å². The maximum absolute atomic E-state index is 6.00. The molecule has 4 nitrogen and oxygen atoms in total. The van der Waals surface area contributed by atoms with Crippen LogP contribution >= 0.6 is 27.5 Å². The predicted molar refractivity (Wildman–Crippen MR) is 75.4 cm³/mol. The summed E-state index contributed by atoms with van der Waals surface area (Å²) in [6.45, 7) is 2.70. The van der Waals surface area contributed by atoms with E-state index < -0.39 is 0 Å². The Balaban J connectivity index is 2.25. The van der Waals surface area contributed by atoms with E-state index in [0.717, 1.165) is 11.0 Å². The quantitative estimate of drug-likeness (QED) is 0.917. The van der Waals surface area contributed by atoms with Crippen molar-refractivity contribution >= 4 is 33.5 Å². The van der Waals surface area contributed by atoms with Crippen LogP contribution in [0.1, 0.15) is 6.92 Å². The zero-order valence-corrected chi connectivity index (χ0v) is 12.0. The number of nitrogens with zero attached hydrogens (tertiary/aromatic N) is 2. The molecule has 18 heavy (non-hydrogen) atoms. The van der Waals surface area contributed by atoms with Gasteiger partial charge in [0, 0.05) is 11.0 Å². The molecule has 1 aromatic carbocycles. The summed E-state index contributed by atoms with van der Waals surface area (Å²) in [7, 11) is 0. The van der Waals surface area contributed by atoms with Gasteiger partial charge in [0.1, 0.15) is 10.8 Å². The number of nitrogens with one attached hydrogen (secondary N) is 1. The van der Waals surface area contributed by atoms with Crippen molar-refractivity contribution in [1.29, 1.82) is 0 Å². The molecule has 0 bridgehead atoms. The van der Waals surface area contributed by atoms with Crippen LogP contribution in [0.5, 0.6) is 11.6 Å². The Kier molecular flexibility index (Phi) is 4.38. The SMILES string of the molecule is CCNc1ncc(Cl)c(Oc2cccc(Br)c2)n1. The van der Waals surface area contributed by atoms with Crippen molar-refractivity contribution in [1.82, 2.24) is 9.97 Å². The van der Waals surface area contributed by atoms with Gasteiger partial charge in [0.15, 0.2) is 0 Å². The number of ether oxygens (including phenoxy) is 1. The fourth-order valence-electron chi connectivity index (χ4n) is 1.31. The summed E-state index contributed by atoms with van der Waals surface area (Å²) >= 11 is 9.37. The Morgan fingerprint density at radius 2 is 2.28 bits per heavy atom. The van der Waals surface area contributed by atoms with E-state index in [4.69, 9.17) is 16.3 Å². The van der Waals surface area contributed by atoms with Crippen molar-refractivity contribution in [2.45, 2.75) is 6.92 Å². The van der Waals surface area contributed by atoms with Gasteiger partial charge < -0.3 is 10.1 Å². The maximum Gasteiger partial charge on any atom is 0.243 e. The van der Waals surface area contributed by atoms with Crippen molar-refractivity contribution in [3.63, 3.8) is 0 Å². The molecule has 6 heteroatoms. The standard InChI is InChI=1S/C12H11BrClN3O/c1-2-15-12-16-7-10(14)11(17-12)18-9-5-3-4-8(13)6-9/h3-7H,2H2,1H3,(H,15,16,17). The largest absolute Gasteiger partial charge is 0.437 e. The summed E-state index contributed by atoms with van der Waals surface area (Å²) < 4.78 is 6.55. The van der Waals surface area contributed by atoms with Gasteiger partial charge in [0.25, 0.3) is 0 Å². The highest BCUT2D eigenvalue weighted by molar-refractivity contribution is 9.10. The molecule has 0 aliphatic heterocycles. The van der Waals surface area contributed by atoms with Crippen molar-refractivity contribution in [2.24, 2.45) is 0 Å². The van der Waals surface area contributed by atoms with E-state index >= 15 is 0 Å². The third-order valence-corrected chi connectivity index (χ3v) is 2.81. The van der Waals surface area contributed by atoms with Crippen molar-refractivity contribution in [3.05, 3.63) is 40.0 Å². The molecule has 0 unspecified atom stereocenters. The Morgan fingerprint density at radius 3 is 3.00 bits per heavy atom. The molecule has 94 valence electrons. The van der Waals surface area contributed by atoms with Crippen LogP contribution in [0.25, 0.3) is 0 Å². The first-order chi connectivity index (χ1) is 8.69. The molecule has 1 aromatic heterocycles. The predicted octanol–water partition coefficient (Wildman–Crippen LogP) is 4.12. The van der Waals surface area contributed by atoms with E-state index in [9.17, 15) is 0 Å². The summed E-state index contributed by atoms with van der Waals surface area (Å²) in [5, 5.41) is 3.37. The van der Waals surface area contributed by atoms with Gasteiger partial charge >= 0.3 is 0 Å². The Morgan fingerprint density at radius 1 is 1.44 bits per heavy atom. The van der Waals surface area contributed by atoms with Crippen LogP contribution in [-0.2, 0) is 0 Å². The molecule has 0 atom stereocenters. The van der Waals surface area contributed by atoms with Gasteiger partial charge in [-0.15, -0.1) is 0 Å². The van der Waals surface area contributed by atoms with Crippen LogP contribution in [0.4, 0.5) is 5.95 Å². The first kappa shape index (κ1) is 13.1. The minimum Gasteiger partial charge on any atom is -0.437 e. The van der Waals surface area contributed by atoms with E-state index in [1.165, 1.54) is 6.20 Å². The lowest BCUT2D eigenvalue weighted by Gasteiger charge is -2.08. The molecule has 1 N–H and O–H groups in total. The smallest absolute Gasteiger partial charge is 0.243 e. The fraction of sp³-hybridized carbons (Fsp3) is 0.167. The van der Waals surface area contributed by atoms with E-state index in [2.05, 4.69) is 31.2 Å². The zero-order valence-electron chi connectivity index (χ0n) is 9.65. The summed E-state index contributed by atoms with van der Waals surface area (Å²) in [4.78, 5) is 8.24.